The van der Waals surface area contributed by atoms with Crippen molar-refractivity contribution in [1.82, 2.24) is 19.9 Å². The molecule has 3 aliphatic rings. The van der Waals surface area contributed by atoms with E-state index in [1.807, 2.05) is 11.0 Å². The molecule has 7 heteroatoms. The van der Waals surface area contributed by atoms with Crippen molar-refractivity contribution in [2.24, 2.45) is 5.41 Å². The molecule has 1 aromatic heterocycles. The zero-order chi connectivity index (χ0) is 18.9. The summed E-state index contributed by atoms with van der Waals surface area (Å²) in [5.74, 6) is 0.741. The predicted molar refractivity (Wildman–Crippen MR) is 101 cm³/mol. The molecule has 3 fully saturated rings. The van der Waals surface area contributed by atoms with Crippen LogP contribution < -0.4 is 0 Å². The minimum atomic E-state index is -0.182. The molecular weight excluding hydrogens is 344 g/mol. The van der Waals surface area contributed by atoms with Crippen molar-refractivity contribution in [2.75, 3.05) is 46.3 Å². The van der Waals surface area contributed by atoms with Gasteiger partial charge in [0.25, 0.3) is 5.91 Å². The van der Waals surface area contributed by atoms with E-state index >= 15 is 0 Å². The van der Waals surface area contributed by atoms with Gasteiger partial charge in [0.1, 0.15) is 0 Å². The van der Waals surface area contributed by atoms with E-state index in [1.54, 1.807) is 0 Å². The van der Waals surface area contributed by atoms with Gasteiger partial charge in [0.05, 0.1) is 12.6 Å². The van der Waals surface area contributed by atoms with Crippen molar-refractivity contribution < 1.29 is 14.4 Å². The van der Waals surface area contributed by atoms with Gasteiger partial charge in [-0.1, -0.05) is 5.16 Å². The van der Waals surface area contributed by atoms with Crippen molar-refractivity contribution in [2.45, 2.75) is 51.2 Å². The second-order valence-corrected chi connectivity index (χ2v) is 8.86. The summed E-state index contributed by atoms with van der Waals surface area (Å²) in [7, 11) is 2.19. The number of amides is 1. The highest BCUT2D eigenvalue weighted by atomic mass is 16.5. The Morgan fingerprint density at radius 1 is 1.22 bits per heavy atom. The molecule has 1 atom stereocenters. The minimum Gasteiger partial charge on any atom is -0.393 e. The van der Waals surface area contributed by atoms with Crippen LogP contribution in [0.3, 0.4) is 0 Å². The number of hydrogen-bond donors (Lipinski definition) is 1. The van der Waals surface area contributed by atoms with Crippen LogP contribution in [0.2, 0.25) is 0 Å². The van der Waals surface area contributed by atoms with E-state index < -0.39 is 0 Å². The summed E-state index contributed by atoms with van der Waals surface area (Å²) < 4.78 is 5.45. The summed E-state index contributed by atoms with van der Waals surface area (Å²) in [6.07, 6.45) is 6.13. The monoisotopic (exact) mass is 376 g/mol. The Morgan fingerprint density at radius 3 is 2.70 bits per heavy atom. The van der Waals surface area contributed by atoms with Crippen LogP contribution in [0.4, 0.5) is 0 Å². The number of nitrogens with zero attached hydrogens (tertiary/aromatic N) is 4. The maximum atomic E-state index is 13.0. The Bertz CT molecular complexity index is 651. The Hall–Kier alpha value is -1.44. The van der Waals surface area contributed by atoms with Crippen LogP contribution in [0.1, 0.15) is 54.8 Å². The fourth-order valence-corrected chi connectivity index (χ4v) is 5.12. The molecular formula is C20H32N4O3. The van der Waals surface area contributed by atoms with Crippen LogP contribution in [0, 0.1) is 5.41 Å². The highest BCUT2D eigenvalue weighted by molar-refractivity contribution is 5.92. The first kappa shape index (κ1) is 18.9. The molecule has 1 unspecified atom stereocenters. The quantitative estimate of drug-likeness (QED) is 0.864. The molecule has 4 heterocycles. The number of carbonyl (C=O) groups excluding carboxylic acids is 1. The third-order valence-corrected chi connectivity index (χ3v) is 6.52. The van der Waals surface area contributed by atoms with E-state index in [9.17, 15) is 9.90 Å². The molecule has 1 N–H and O–H groups in total. The number of carbonyl (C=O) groups is 1. The van der Waals surface area contributed by atoms with Gasteiger partial charge in [-0.25, -0.2) is 0 Å². The lowest BCUT2D eigenvalue weighted by Crippen LogP contribution is -2.52. The molecule has 0 saturated carbocycles. The Labute approximate surface area is 161 Å². The first-order chi connectivity index (χ1) is 13.0. The van der Waals surface area contributed by atoms with E-state index in [1.165, 1.54) is 19.3 Å². The van der Waals surface area contributed by atoms with Gasteiger partial charge >= 0.3 is 0 Å². The summed E-state index contributed by atoms with van der Waals surface area (Å²) in [6.45, 7) is 6.26. The van der Waals surface area contributed by atoms with Crippen LogP contribution in [0.5, 0.6) is 0 Å². The predicted octanol–water partition coefficient (Wildman–Crippen LogP) is 1.58. The Morgan fingerprint density at radius 2 is 1.96 bits per heavy atom. The van der Waals surface area contributed by atoms with Gasteiger partial charge in [0.15, 0.2) is 11.5 Å². The molecule has 27 heavy (non-hydrogen) atoms. The van der Waals surface area contributed by atoms with E-state index in [0.717, 1.165) is 64.3 Å². The lowest BCUT2D eigenvalue weighted by Gasteiger charge is -2.47. The number of piperidine rings is 3. The minimum absolute atomic E-state index is 0.00590. The van der Waals surface area contributed by atoms with Crippen molar-refractivity contribution in [3.8, 4) is 0 Å². The zero-order valence-corrected chi connectivity index (χ0v) is 16.4. The highest BCUT2D eigenvalue weighted by Crippen LogP contribution is 2.38. The van der Waals surface area contributed by atoms with Crippen molar-refractivity contribution in [1.29, 1.82) is 0 Å². The number of aromatic nitrogens is 1. The topological polar surface area (TPSA) is 73.0 Å². The second kappa shape index (κ2) is 7.89. The van der Waals surface area contributed by atoms with Crippen molar-refractivity contribution >= 4 is 5.91 Å². The maximum Gasteiger partial charge on any atom is 0.276 e. The number of aliphatic hydroxyl groups excluding tert-OH is 1. The van der Waals surface area contributed by atoms with E-state index in [4.69, 9.17) is 4.52 Å². The molecule has 0 radical (unpaired) electrons. The Kier molecular flexibility index (Phi) is 5.53. The molecule has 1 spiro atoms. The molecule has 1 aromatic rings. The molecule has 4 rings (SSSR count). The van der Waals surface area contributed by atoms with Crippen LogP contribution in [0.25, 0.3) is 0 Å². The molecule has 150 valence electrons. The largest absolute Gasteiger partial charge is 0.393 e. The van der Waals surface area contributed by atoms with Crippen LogP contribution >= 0.6 is 0 Å². The molecule has 0 aliphatic carbocycles. The standard InChI is InChI=1S/C20H32N4O3/c1-22-8-2-6-20(14-22)7-3-9-24(15-20)19(26)18-12-17(27-21-18)13-23-10-4-16(25)5-11-23/h12,16,25H,2-11,13-15H2,1H3. The van der Waals surface area contributed by atoms with Crippen LogP contribution in [-0.2, 0) is 6.54 Å². The van der Waals surface area contributed by atoms with Gasteiger partial charge in [-0.2, -0.15) is 0 Å². The van der Waals surface area contributed by atoms with E-state index in [-0.39, 0.29) is 17.4 Å². The average Bonchev–Trinajstić information content (AvgIpc) is 3.11. The normalized spacial score (nSPS) is 28.7. The lowest BCUT2D eigenvalue weighted by molar-refractivity contribution is 0.0201. The number of likely N-dealkylation sites (tertiary alicyclic amines) is 3. The van der Waals surface area contributed by atoms with Gasteiger partial charge in [-0.15, -0.1) is 0 Å². The van der Waals surface area contributed by atoms with Crippen LogP contribution in [0.15, 0.2) is 10.6 Å². The SMILES string of the molecule is CN1CCCC2(CCCN(C(=O)c3cc(CN4CCC(O)CC4)on3)C2)C1. The smallest absolute Gasteiger partial charge is 0.276 e. The summed E-state index contributed by atoms with van der Waals surface area (Å²) in [5, 5.41) is 13.7. The van der Waals surface area contributed by atoms with Gasteiger partial charge in [-0.3, -0.25) is 9.69 Å². The molecule has 0 aromatic carbocycles. The lowest BCUT2D eigenvalue weighted by atomic mass is 9.74. The first-order valence-electron chi connectivity index (χ1n) is 10.4. The summed E-state index contributed by atoms with van der Waals surface area (Å²) in [4.78, 5) is 19.6. The summed E-state index contributed by atoms with van der Waals surface area (Å²) >= 11 is 0. The van der Waals surface area contributed by atoms with Crippen molar-refractivity contribution in [3.63, 3.8) is 0 Å². The fourth-order valence-electron chi connectivity index (χ4n) is 5.12. The van der Waals surface area contributed by atoms with E-state index in [2.05, 4.69) is 22.0 Å². The maximum absolute atomic E-state index is 13.0. The first-order valence-corrected chi connectivity index (χ1v) is 10.4. The third kappa shape index (κ3) is 4.36. The number of rotatable bonds is 3. The van der Waals surface area contributed by atoms with Gasteiger partial charge in [0, 0.05) is 44.2 Å². The van der Waals surface area contributed by atoms with Gasteiger partial charge in [-0.05, 0) is 52.1 Å². The average molecular weight is 377 g/mol. The number of hydrogen-bond acceptors (Lipinski definition) is 6. The molecule has 0 bridgehead atoms. The Balaban J connectivity index is 1.37. The van der Waals surface area contributed by atoms with Crippen LogP contribution in [-0.4, -0.2) is 83.3 Å². The molecule has 7 nitrogen and oxygen atoms in total. The molecule has 3 aliphatic heterocycles. The summed E-state index contributed by atoms with van der Waals surface area (Å²) in [5.41, 5.74) is 0.686. The van der Waals surface area contributed by atoms with Crippen molar-refractivity contribution in [3.05, 3.63) is 17.5 Å². The highest BCUT2D eigenvalue weighted by Gasteiger charge is 2.40. The van der Waals surface area contributed by atoms with Gasteiger partial charge in [0.2, 0.25) is 0 Å². The van der Waals surface area contributed by atoms with E-state index in [0.29, 0.717) is 12.2 Å². The molecule has 1 amide bonds. The number of aliphatic hydroxyl groups is 1. The zero-order valence-electron chi connectivity index (χ0n) is 16.4. The van der Waals surface area contributed by atoms with Gasteiger partial charge < -0.3 is 19.4 Å². The summed E-state index contributed by atoms with van der Waals surface area (Å²) in [6, 6.07) is 1.81. The fraction of sp³-hybridized carbons (Fsp3) is 0.800. The molecule has 3 saturated heterocycles. The third-order valence-electron chi connectivity index (χ3n) is 6.52. The second-order valence-electron chi connectivity index (χ2n) is 8.86.